The van der Waals surface area contributed by atoms with Gasteiger partial charge in [-0.3, -0.25) is 9.38 Å². The summed E-state index contributed by atoms with van der Waals surface area (Å²) < 4.78 is 12.6. The van der Waals surface area contributed by atoms with Crippen LogP contribution in [-0.2, 0) is 0 Å². The van der Waals surface area contributed by atoms with E-state index in [9.17, 15) is 0 Å². The largest absolute Gasteiger partial charge is 0.493 e. The first-order chi connectivity index (χ1) is 12.8. The van der Waals surface area contributed by atoms with Crippen molar-refractivity contribution < 1.29 is 9.47 Å². The molecule has 0 unspecified atom stereocenters. The Bertz CT molecular complexity index is 1050. The Labute approximate surface area is 150 Å². The Kier molecular flexibility index (Phi) is 4.10. The number of nitrogens with zero attached hydrogens (tertiary/aromatic N) is 4. The smallest absolute Gasteiger partial charge is 0.213 e. The molecule has 3 heterocycles. The number of anilines is 2. The third-order valence-corrected chi connectivity index (χ3v) is 4.01. The van der Waals surface area contributed by atoms with E-state index in [-0.39, 0.29) is 0 Å². The summed E-state index contributed by atoms with van der Waals surface area (Å²) in [5.41, 5.74) is 3.38. The molecule has 0 bridgehead atoms. The normalized spacial score (nSPS) is 10.7. The van der Waals surface area contributed by atoms with Crippen LogP contribution in [0.1, 0.15) is 0 Å². The second-order valence-corrected chi connectivity index (χ2v) is 5.55. The molecule has 0 aliphatic rings. The van der Waals surface area contributed by atoms with Crippen LogP contribution >= 0.6 is 0 Å². The Morgan fingerprint density at radius 1 is 0.923 bits per heavy atom. The Morgan fingerprint density at radius 3 is 2.50 bits per heavy atom. The number of hydrogen-bond donors (Lipinski definition) is 1. The number of hydrogen-bond acceptors (Lipinski definition) is 6. The zero-order valence-electron chi connectivity index (χ0n) is 14.4. The highest BCUT2D eigenvalue weighted by Crippen LogP contribution is 2.32. The van der Waals surface area contributed by atoms with E-state index in [1.807, 2.05) is 47.0 Å². The second-order valence-electron chi connectivity index (χ2n) is 5.55. The fourth-order valence-electron chi connectivity index (χ4n) is 2.72. The molecule has 26 heavy (non-hydrogen) atoms. The molecule has 0 fully saturated rings. The maximum absolute atomic E-state index is 5.40. The average Bonchev–Trinajstić information content (AvgIpc) is 3.17. The van der Waals surface area contributed by atoms with Crippen LogP contribution in [0.4, 0.5) is 11.6 Å². The van der Waals surface area contributed by atoms with Gasteiger partial charge in [-0.2, -0.15) is 0 Å². The number of ether oxygens (including phenoxy) is 2. The third kappa shape index (κ3) is 2.90. The Morgan fingerprint density at radius 2 is 1.73 bits per heavy atom. The first-order valence-electron chi connectivity index (χ1n) is 8.02. The first-order valence-corrected chi connectivity index (χ1v) is 8.02. The van der Waals surface area contributed by atoms with Gasteiger partial charge < -0.3 is 14.8 Å². The van der Waals surface area contributed by atoms with Crippen LogP contribution in [0.3, 0.4) is 0 Å². The number of fused-ring (bicyclic) bond motifs is 1. The summed E-state index contributed by atoms with van der Waals surface area (Å²) in [6, 6.07) is 11.4. The number of methoxy groups -OCH3 is 2. The van der Waals surface area contributed by atoms with E-state index in [0.29, 0.717) is 17.4 Å². The highest BCUT2D eigenvalue weighted by atomic mass is 16.5. The number of nitrogens with one attached hydrogen (secondary N) is 1. The summed E-state index contributed by atoms with van der Waals surface area (Å²) in [6.07, 6.45) is 7.06. The fourth-order valence-corrected chi connectivity index (χ4v) is 2.72. The minimum absolute atomic E-state index is 0.652. The van der Waals surface area contributed by atoms with Crippen molar-refractivity contribution in [1.82, 2.24) is 19.4 Å². The first kappa shape index (κ1) is 15.9. The summed E-state index contributed by atoms with van der Waals surface area (Å²) in [6.45, 7) is 0. The number of imidazole rings is 1. The molecule has 7 nitrogen and oxygen atoms in total. The van der Waals surface area contributed by atoms with Gasteiger partial charge in [-0.25, -0.2) is 9.97 Å². The molecule has 4 rings (SSSR count). The van der Waals surface area contributed by atoms with Gasteiger partial charge in [0.25, 0.3) is 0 Å². The maximum Gasteiger partial charge on any atom is 0.213 e. The van der Waals surface area contributed by atoms with Crippen molar-refractivity contribution in [2.24, 2.45) is 0 Å². The Balaban J connectivity index is 1.81. The monoisotopic (exact) mass is 347 g/mol. The molecule has 4 aromatic rings. The standard InChI is InChI=1S/C19H17N5O2/c1-25-16-4-3-13(11-17(16)26-2)15-12-18-21-9-10-24(18)19(23-15)22-14-5-7-20-8-6-14/h3-12H,1-2H3,(H,20,22,23). The van der Waals surface area contributed by atoms with Gasteiger partial charge in [0.2, 0.25) is 5.95 Å². The lowest BCUT2D eigenvalue weighted by Crippen LogP contribution is -2.02. The summed E-state index contributed by atoms with van der Waals surface area (Å²) in [4.78, 5) is 13.2. The van der Waals surface area contributed by atoms with Crippen LogP contribution in [0.5, 0.6) is 11.5 Å². The number of pyridine rings is 1. The molecule has 0 atom stereocenters. The fraction of sp³-hybridized carbons (Fsp3) is 0.105. The highest BCUT2D eigenvalue weighted by Gasteiger charge is 2.11. The van der Waals surface area contributed by atoms with Gasteiger partial charge in [-0.05, 0) is 30.3 Å². The molecule has 0 aliphatic carbocycles. The van der Waals surface area contributed by atoms with Gasteiger partial charge in [0.1, 0.15) is 5.65 Å². The quantitative estimate of drug-likeness (QED) is 0.595. The SMILES string of the molecule is COc1ccc(-c2cc3nccn3c(Nc3ccncc3)n2)cc1OC. The molecule has 0 saturated carbocycles. The van der Waals surface area contributed by atoms with Gasteiger partial charge in [-0.1, -0.05) is 0 Å². The van der Waals surface area contributed by atoms with Gasteiger partial charge in [0.05, 0.1) is 19.9 Å². The molecule has 1 aromatic carbocycles. The van der Waals surface area contributed by atoms with Crippen molar-refractivity contribution >= 4 is 17.3 Å². The predicted octanol–water partition coefficient (Wildman–Crippen LogP) is 3.55. The topological polar surface area (TPSA) is 73.6 Å². The molecular weight excluding hydrogens is 330 g/mol. The van der Waals surface area contributed by atoms with Crippen LogP contribution in [0, 0.1) is 0 Å². The highest BCUT2D eigenvalue weighted by molar-refractivity contribution is 5.70. The lowest BCUT2D eigenvalue weighted by Gasteiger charge is -2.12. The predicted molar refractivity (Wildman–Crippen MR) is 99.0 cm³/mol. The molecule has 0 amide bonds. The second kappa shape index (κ2) is 6.72. The van der Waals surface area contributed by atoms with Crippen LogP contribution in [-0.4, -0.2) is 33.6 Å². The van der Waals surface area contributed by atoms with Crippen molar-refractivity contribution in [3.63, 3.8) is 0 Å². The van der Waals surface area contributed by atoms with Gasteiger partial charge in [0, 0.05) is 42.1 Å². The van der Waals surface area contributed by atoms with Crippen molar-refractivity contribution in [2.45, 2.75) is 0 Å². The Hall–Kier alpha value is -3.61. The molecule has 7 heteroatoms. The van der Waals surface area contributed by atoms with Gasteiger partial charge in [-0.15, -0.1) is 0 Å². The summed E-state index contributed by atoms with van der Waals surface area (Å²) >= 11 is 0. The molecule has 130 valence electrons. The third-order valence-electron chi connectivity index (χ3n) is 4.01. The number of aromatic nitrogens is 4. The molecule has 0 aliphatic heterocycles. The van der Waals surface area contributed by atoms with E-state index >= 15 is 0 Å². The van der Waals surface area contributed by atoms with E-state index < -0.39 is 0 Å². The van der Waals surface area contributed by atoms with Crippen LogP contribution in [0.15, 0.2) is 61.2 Å². The number of rotatable bonds is 5. The van der Waals surface area contributed by atoms with E-state index in [1.54, 1.807) is 32.8 Å². The molecule has 0 saturated heterocycles. The van der Waals surface area contributed by atoms with Crippen molar-refractivity contribution in [3.8, 4) is 22.8 Å². The minimum atomic E-state index is 0.652. The molecule has 0 spiro atoms. The van der Waals surface area contributed by atoms with Gasteiger partial charge >= 0.3 is 0 Å². The number of benzene rings is 1. The average molecular weight is 347 g/mol. The molecule has 3 aromatic heterocycles. The van der Waals surface area contributed by atoms with Crippen LogP contribution in [0.25, 0.3) is 16.9 Å². The minimum Gasteiger partial charge on any atom is -0.493 e. The summed E-state index contributed by atoms with van der Waals surface area (Å²) in [5, 5.41) is 3.31. The van der Waals surface area contributed by atoms with Crippen molar-refractivity contribution in [3.05, 3.63) is 61.2 Å². The zero-order chi connectivity index (χ0) is 17.9. The maximum atomic E-state index is 5.40. The zero-order valence-corrected chi connectivity index (χ0v) is 14.4. The van der Waals surface area contributed by atoms with Crippen molar-refractivity contribution in [2.75, 3.05) is 19.5 Å². The van der Waals surface area contributed by atoms with E-state index in [2.05, 4.69) is 15.3 Å². The molecule has 0 radical (unpaired) electrons. The molecule has 1 N–H and O–H groups in total. The van der Waals surface area contributed by atoms with E-state index in [1.165, 1.54) is 0 Å². The van der Waals surface area contributed by atoms with Crippen LogP contribution in [0.2, 0.25) is 0 Å². The molecular formula is C19H17N5O2. The van der Waals surface area contributed by atoms with E-state index in [4.69, 9.17) is 14.5 Å². The lowest BCUT2D eigenvalue weighted by atomic mass is 10.1. The summed E-state index contributed by atoms with van der Waals surface area (Å²) in [7, 11) is 3.23. The lowest BCUT2D eigenvalue weighted by molar-refractivity contribution is 0.355. The van der Waals surface area contributed by atoms with Crippen LogP contribution < -0.4 is 14.8 Å². The van der Waals surface area contributed by atoms with Crippen molar-refractivity contribution in [1.29, 1.82) is 0 Å². The van der Waals surface area contributed by atoms with Gasteiger partial charge in [0.15, 0.2) is 11.5 Å². The summed E-state index contributed by atoms with van der Waals surface area (Å²) in [5.74, 6) is 1.99. The van der Waals surface area contributed by atoms with E-state index in [0.717, 1.165) is 22.6 Å².